The summed E-state index contributed by atoms with van der Waals surface area (Å²) in [6.45, 7) is 0.751. The summed E-state index contributed by atoms with van der Waals surface area (Å²) in [5.74, 6) is -0.912. The Morgan fingerprint density at radius 1 is 1.10 bits per heavy atom. The Labute approximate surface area is 170 Å². The molecule has 0 unspecified atom stereocenters. The smallest absolute Gasteiger partial charge is 0.434 e. The maximum Gasteiger partial charge on any atom is 0.434 e. The number of hydrogen-bond donors (Lipinski definition) is 2. The average Bonchev–Trinajstić information content (AvgIpc) is 3.20. The number of hydrogen-bond acceptors (Lipinski definition) is 6. The molecule has 3 rings (SSSR count). The number of rotatable bonds is 8. The van der Waals surface area contributed by atoms with Crippen molar-refractivity contribution in [2.75, 3.05) is 25.5 Å². The highest BCUT2D eigenvalue weighted by molar-refractivity contribution is 5.95. The molecule has 1 aromatic carbocycles. The van der Waals surface area contributed by atoms with Crippen molar-refractivity contribution >= 4 is 11.6 Å². The van der Waals surface area contributed by atoms with E-state index in [1.54, 1.807) is 0 Å². The number of carbonyl (C=O) groups excluding carboxylic acids is 1. The van der Waals surface area contributed by atoms with Crippen LogP contribution in [0.3, 0.4) is 0 Å². The summed E-state index contributed by atoms with van der Waals surface area (Å²) in [5.41, 5.74) is -0.886. The van der Waals surface area contributed by atoms with Crippen LogP contribution in [0.5, 0.6) is 5.88 Å². The highest BCUT2D eigenvalue weighted by Gasteiger charge is 2.40. The van der Waals surface area contributed by atoms with Gasteiger partial charge in [0.1, 0.15) is 0 Å². The molecule has 0 aliphatic rings. The molecule has 8 nitrogen and oxygen atoms in total. The first kappa shape index (κ1) is 21.1. The molecule has 0 saturated heterocycles. The molecule has 158 valence electrons. The lowest BCUT2D eigenvalue weighted by atomic mass is 10.2. The van der Waals surface area contributed by atoms with E-state index < -0.39 is 23.3 Å². The van der Waals surface area contributed by atoms with Crippen molar-refractivity contribution in [3.63, 3.8) is 0 Å². The average molecular weight is 420 g/mol. The minimum Gasteiger partial charge on any atom is -0.480 e. The predicted molar refractivity (Wildman–Crippen MR) is 103 cm³/mol. The van der Waals surface area contributed by atoms with Crippen LogP contribution in [0.1, 0.15) is 22.5 Å². The van der Waals surface area contributed by atoms with Gasteiger partial charge in [-0.2, -0.15) is 18.3 Å². The van der Waals surface area contributed by atoms with Crippen molar-refractivity contribution < 1.29 is 22.7 Å². The van der Waals surface area contributed by atoms with E-state index in [0.717, 1.165) is 11.9 Å². The molecule has 0 fully saturated rings. The molecular weight excluding hydrogens is 401 g/mol. The van der Waals surface area contributed by atoms with E-state index in [2.05, 4.69) is 25.9 Å². The predicted octanol–water partition coefficient (Wildman–Crippen LogP) is 2.92. The fourth-order valence-electron chi connectivity index (χ4n) is 2.67. The van der Waals surface area contributed by atoms with Gasteiger partial charge in [-0.3, -0.25) is 4.79 Å². The number of carbonyl (C=O) groups is 1. The quantitative estimate of drug-likeness (QED) is 0.545. The number of anilines is 1. The maximum absolute atomic E-state index is 13.6. The van der Waals surface area contributed by atoms with Crippen LogP contribution in [0.2, 0.25) is 0 Å². The van der Waals surface area contributed by atoms with Gasteiger partial charge in [0, 0.05) is 24.8 Å². The molecule has 0 atom stereocenters. The summed E-state index contributed by atoms with van der Waals surface area (Å²) in [6.07, 6.45) is -3.42. The standard InChI is InChI=1S/C19H19F3N6O2/c1-30-16-9-8-15(26-27-16)28-17(19(20,21)22)14(12-25-28)18(29)24-11-5-10-23-13-6-3-2-4-7-13/h2-4,6-9,12,23H,5,10-11H2,1H3,(H,24,29). The maximum atomic E-state index is 13.6. The van der Waals surface area contributed by atoms with Gasteiger partial charge in [-0.25, -0.2) is 4.68 Å². The molecular formula is C19H19F3N6O2. The highest BCUT2D eigenvalue weighted by atomic mass is 19.4. The zero-order valence-corrected chi connectivity index (χ0v) is 16.0. The summed E-state index contributed by atoms with van der Waals surface area (Å²) in [5, 5.41) is 16.6. The zero-order valence-electron chi connectivity index (χ0n) is 16.0. The third-order valence-electron chi connectivity index (χ3n) is 4.08. The number of methoxy groups -OCH3 is 1. The van der Waals surface area contributed by atoms with Crippen LogP contribution in [0.4, 0.5) is 18.9 Å². The molecule has 0 spiro atoms. The number of nitrogens with one attached hydrogen (secondary N) is 2. The van der Waals surface area contributed by atoms with Crippen molar-refractivity contribution in [3.8, 4) is 11.7 Å². The molecule has 1 amide bonds. The molecule has 30 heavy (non-hydrogen) atoms. The molecule has 0 aliphatic heterocycles. The molecule has 0 bridgehead atoms. The number of para-hydroxylation sites is 1. The summed E-state index contributed by atoms with van der Waals surface area (Å²) >= 11 is 0. The number of ether oxygens (including phenoxy) is 1. The van der Waals surface area contributed by atoms with Gasteiger partial charge in [-0.15, -0.1) is 10.2 Å². The fraction of sp³-hybridized carbons (Fsp3) is 0.263. The first-order valence-corrected chi connectivity index (χ1v) is 9.00. The summed E-state index contributed by atoms with van der Waals surface area (Å²) in [6, 6.07) is 12.1. The molecule has 2 aromatic heterocycles. The first-order chi connectivity index (χ1) is 14.4. The number of benzene rings is 1. The largest absolute Gasteiger partial charge is 0.480 e. The van der Waals surface area contributed by atoms with Gasteiger partial charge < -0.3 is 15.4 Å². The third kappa shape index (κ3) is 5.04. The van der Waals surface area contributed by atoms with Gasteiger partial charge in [0.15, 0.2) is 11.5 Å². The number of aromatic nitrogens is 4. The van der Waals surface area contributed by atoms with Gasteiger partial charge in [0.25, 0.3) is 5.91 Å². The monoisotopic (exact) mass is 420 g/mol. The van der Waals surface area contributed by atoms with Crippen molar-refractivity contribution in [2.45, 2.75) is 12.6 Å². The summed E-state index contributed by atoms with van der Waals surface area (Å²) < 4.78 is 46.3. The van der Waals surface area contributed by atoms with Crippen LogP contribution in [0.15, 0.2) is 48.7 Å². The normalized spacial score (nSPS) is 11.2. The van der Waals surface area contributed by atoms with E-state index in [9.17, 15) is 18.0 Å². The van der Waals surface area contributed by atoms with Gasteiger partial charge in [0.2, 0.25) is 5.88 Å². The van der Waals surface area contributed by atoms with E-state index in [0.29, 0.717) is 17.6 Å². The number of alkyl halides is 3. The Morgan fingerprint density at radius 3 is 2.50 bits per heavy atom. The van der Waals surface area contributed by atoms with Crippen LogP contribution in [0.25, 0.3) is 5.82 Å². The SMILES string of the molecule is COc1ccc(-n2ncc(C(=O)NCCCNc3ccccc3)c2C(F)(F)F)nn1. The van der Waals surface area contributed by atoms with Crippen LogP contribution < -0.4 is 15.4 Å². The van der Waals surface area contributed by atoms with Crippen molar-refractivity contribution in [1.29, 1.82) is 0 Å². The molecule has 0 aliphatic carbocycles. The van der Waals surface area contributed by atoms with E-state index in [-0.39, 0.29) is 18.2 Å². The van der Waals surface area contributed by atoms with Gasteiger partial charge in [-0.05, 0) is 24.6 Å². The minimum absolute atomic E-state index is 0.140. The van der Waals surface area contributed by atoms with Crippen LogP contribution in [0, 0.1) is 0 Å². The van der Waals surface area contributed by atoms with E-state index in [1.165, 1.54) is 19.2 Å². The van der Waals surface area contributed by atoms with E-state index in [1.807, 2.05) is 30.3 Å². The molecule has 2 N–H and O–H groups in total. The number of halogens is 3. The second-order valence-electron chi connectivity index (χ2n) is 6.15. The fourth-order valence-corrected chi connectivity index (χ4v) is 2.67. The van der Waals surface area contributed by atoms with Gasteiger partial charge >= 0.3 is 6.18 Å². The molecule has 11 heteroatoms. The second kappa shape index (κ2) is 9.25. The van der Waals surface area contributed by atoms with Crippen molar-refractivity contribution in [2.24, 2.45) is 0 Å². The Bertz CT molecular complexity index is 974. The lowest BCUT2D eigenvalue weighted by Crippen LogP contribution is -2.28. The van der Waals surface area contributed by atoms with Crippen LogP contribution in [-0.4, -0.2) is 46.1 Å². The van der Waals surface area contributed by atoms with E-state index >= 15 is 0 Å². The molecule has 0 radical (unpaired) electrons. The number of amides is 1. The topological polar surface area (TPSA) is 94.0 Å². The van der Waals surface area contributed by atoms with Crippen LogP contribution >= 0.6 is 0 Å². The third-order valence-corrected chi connectivity index (χ3v) is 4.08. The van der Waals surface area contributed by atoms with Crippen molar-refractivity contribution in [3.05, 3.63) is 59.9 Å². The Balaban J connectivity index is 1.67. The lowest BCUT2D eigenvalue weighted by molar-refractivity contribution is -0.143. The van der Waals surface area contributed by atoms with Crippen molar-refractivity contribution in [1.82, 2.24) is 25.3 Å². The highest BCUT2D eigenvalue weighted by Crippen LogP contribution is 2.33. The first-order valence-electron chi connectivity index (χ1n) is 9.00. The molecule has 2 heterocycles. The Kier molecular flexibility index (Phi) is 6.50. The van der Waals surface area contributed by atoms with Gasteiger partial charge in [0.05, 0.1) is 18.9 Å². The minimum atomic E-state index is -4.82. The molecule has 3 aromatic rings. The Hall–Kier alpha value is -3.63. The summed E-state index contributed by atoms with van der Waals surface area (Å²) in [7, 11) is 1.36. The van der Waals surface area contributed by atoms with E-state index in [4.69, 9.17) is 4.74 Å². The van der Waals surface area contributed by atoms with Crippen LogP contribution in [-0.2, 0) is 6.18 Å². The second-order valence-corrected chi connectivity index (χ2v) is 6.15. The summed E-state index contributed by atoms with van der Waals surface area (Å²) in [4.78, 5) is 12.3. The number of nitrogens with zero attached hydrogens (tertiary/aromatic N) is 4. The lowest BCUT2D eigenvalue weighted by Gasteiger charge is -2.12. The Morgan fingerprint density at radius 2 is 1.87 bits per heavy atom. The molecule has 0 saturated carbocycles. The zero-order chi connectivity index (χ0) is 21.6. The van der Waals surface area contributed by atoms with Gasteiger partial charge in [-0.1, -0.05) is 18.2 Å².